The molecular weight excluding hydrogens is 216 g/mol. The van der Waals surface area contributed by atoms with Crippen LogP contribution in [-0.4, -0.2) is 19.0 Å². The minimum absolute atomic E-state index is 0.0800. The van der Waals surface area contributed by atoms with Gasteiger partial charge in [-0.3, -0.25) is 4.79 Å². The van der Waals surface area contributed by atoms with Crippen LogP contribution in [0, 0.1) is 5.92 Å². The number of benzene rings is 1. The summed E-state index contributed by atoms with van der Waals surface area (Å²) < 4.78 is 11.1. The Morgan fingerprint density at radius 1 is 1.18 bits per heavy atom. The van der Waals surface area contributed by atoms with E-state index in [1.165, 1.54) is 0 Å². The third-order valence-electron chi connectivity index (χ3n) is 3.01. The van der Waals surface area contributed by atoms with E-state index in [4.69, 9.17) is 9.47 Å². The van der Waals surface area contributed by atoms with E-state index in [2.05, 4.69) is 0 Å². The van der Waals surface area contributed by atoms with Crippen LogP contribution >= 0.6 is 0 Å². The van der Waals surface area contributed by atoms with Gasteiger partial charge >= 0.3 is 0 Å². The third kappa shape index (κ3) is 2.14. The van der Waals surface area contributed by atoms with Crippen LogP contribution in [0.3, 0.4) is 0 Å². The molecule has 0 heterocycles. The van der Waals surface area contributed by atoms with E-state index in [1.807, 2.05) is 32.9 Å². The van der Waals surface area contributed by atoms with Gasteiger partial charge in [-0.1, -0.05) is 6.92 Å². The average Bonchev–Trinajstić information content (AvgIpc) is 2.57. The predicted molar refractivity (Wildman–Crippen MR) is 66.0 cm³/mol. The van der Waals surface area contributed by atoms with E-state index < -0.39 is 0 Å². The Hall–Kier alpha value is -1.51. The molecule has 0 bridgehead atoms. The van der Waals surface area contributed by atoms with E-state index in [1.54, 1.807) is 0 Å². The summed E-state index contributed by atoms with van der Waals surface area (Å²) in [6.45, 7) is 7.00. The maximum atomic E-state index is 11.9. The number of Topliss-reactive ketones (excluding diaryl/α,β-unsaturated/α-hetero) is 1. The number of hydrogen-bond donors (Lipinski definition) is 0. The second-order valence-corrected chi connectivity index (χ2v) is 4.29. The molecule has 0 N–H and O–H groups in total. The fraction of sp³-hybridized carbons (Fsp3) is 0.500. The molecule has 1 aliphatic rings. The van der Waals surface area contributed by atoms with Gasteiger partial charge < -0.3 is 9.47 Å². The zero-order valence-electron chi connectivity index (χ0n) is 10.6. The lowest BCUT2D eigenvalue weighted by atomic mass is 10.1. The average molecular weight is 234 g/mol. The van der Waals surface area contributed by atoms with Gasteiger partial charge in [0.2, 0.25) is 0 Å². The van der Waals surface area contributed by atoms with E-state index in [0.717, 1.165) is 23.3 Å². The standard InChI is InChI=1S/C14H18O3/c1-4-16-12-7-10-6-9(3)14(15)11(10)8-13(12)17-5-2/h7-9H,4-6H2,1-3H3/t9-/m1/s1. The number of carbonyl (C=O) groups is 1. The van der Waals surface area contributed by atoms with Crippen LogP contribution in [0.5, 0.6) is 11.5 Å². The molecule has 3 nitrogen and oxygen atoms in total. The monoisotopic (exact) mass is 234 g/mol. The van der Waals surface area contributed by atoms with Crippen molar-refractivity contribution < 1.29 is 14.3 Å². The second-order valence-electron chi connectivity index (χ2n) is 4.29. The van der Waals surface area contributed by atoms with Gasteiger partial charge in [0.1, 0.15) is 0 Å². The van der Waals surface area contributed by atoms with Crippen molar-refractivity contribution >= 4 is 5.78 Å². The van der Waals surface area contributed by atoms with Crippen molar-refractivity contribution in [1.82, 2.24) is 0 Å². The molecule has 0 saturated heterocycles. The van der Waals surface area contributed by atoms with Crippen molar-refractivity contribution in [3.8, 4) is 11.5 Å². The number of ketones is 1. The summed E-state index contributed by atoms with van der Waals surface area (Å²) in [4.78, 5) is 11.9. The largest absolute Gasteiger partial charge is 0.490 e. The van der Waals surface area contributed by atoms with Gasteiger partial charge in [0.05, 0.1) is 13.2 Å². The van der Waals surface area contributed by atoms with Crippen molar-refractivity contribution in [3.05, 3.63) is 23.3 Å². The summed E-state index contributed by atoms with van der Waals surface area (Å²) in [5.41, 5.74) is 1.87. The Bertz CT molecular complexity index is 437. The maximum Gasteiger partial charge on any atom is 0.166 e. The number of hydrogen-bond acceptors (Lipinski definition) is 3. The van der Waals surface area contributed by atoms with Crippen LogP contribution in [0.1, 0.15) is 36.7 Å². The minimum Gasteiger partial charge on any atom is -0.490 e. The normalized spacial score (nSPS) is 18.1. The van der Waals surface area contributed by atoms with Crippen molar-refractivity contribution in [2.75, 3.05) is 13.2 Å². The molecular formula is C14H18O3. The van der Waals surface area contributed by atoms with Crippen molar-refractivity contribution in [2.45, 2.75) is 27.2 Å². The molecule has 0 aliphatic heterocycles. The van der Waals surface area contributed by atoms with Gasteiger partial charge in [0, 0.05) is 11.5 Å². The highest BCUT2D eigenvalue weighted by molar-refractivity contribution is 6.02. The molecule has 1 atom stereocenters. The first-order chi connectivity index (χ1) is 8.17. The van der Waals surface area contributed by atoms with Crippen LogP contribution in [0.15, 0.2) is 12.1 Å². The number of fused-ring (bicyclic) bond motifs is 1. The third-order valence-corrected chi connectivity index (χ3v) is 3.01. The summed E-state index contributed by atoms with van der Waals surface area (Å²) in [6, 6.07) is 3.78. The van der Waals surface area contributed by atoms with E-state index >= 15 is 0 Å². The molecule has 1 aromatic rings. The predicted octanol–water partition coefficient (Wildman–Crippen LogP) is 2.86. The SMILES string of the molecule is CCOc1cc2c(cc1OCC)C(=O)[C@H](C)C2. The Labute approximate surface area is 102 Å². The van der Waals surface area contributed by atoms with Gasteiger partial charge in [-0.25, -0.2) is 0 Å². The van der Waals surface area contributed by atoms with E-state index in [0.29, 0.717) is 19.0 Å². The Morgan fingerprint density at radius 3 is 2.35 bits per heavy atom. The molecule has 3 heteroatoms. The quantitative estimate of drug-likeness (QED) is 0.803. The van der Waals surface area contributed by atoms with Gasteiger partial charge in [0.25, 0.3) is 0 Å². The van der Waals surface area contributed by atoms with Gasteiger partial charge in [-0.2, -0.15) is 0 Å². The van der Waals surface area contributed by atoms with Gasteiger partial charge in [-0.15, -0.1) is 0 Å². The molecule has 0 aromatic heterocycles. The molecule has 1 aromatic carbocycles. The molecule has 2 rings (SSSR count). The van der Waals surface area contributed by atoms with E-state index in [-0.39, 0.29) is 11.7 Å². The van der Waals surface area contributed by atoms with Crippen LogP contribution in [0.25, 0.3) is 0 Å². The van der Waals surface area contributed by atoms with Crippen molar-refractivity contribution in [2.24, 2.45) is 5.92 Å². The first kappa shape index (κ1) is 12.0. The summed E-state index contributed by atoms with van der Waals surface area (Å²) in [6.07, 6.45) is 0.806. The molecule has 0 radical (unpaired) electrons. The highest BCUT2D eigenvalue weighted by Crippen LogP contribution is 2.36. The van der Waals surface area contributed by atoms with Crippen LogP contribution in [0.2, 0.25) is 0 Å². The summed E-state index contributed by atoms with van der Waals surface area (Å²) in [7, 11) is 0. The number of ether oxygens (including phenoxy) is 2. The fourth-order valence-electron chi connectivity index (χ4n) is 2.22. The highest BCUT2D eigenvalue weighted by Gasteiger charge is 2.28. The highest BCUT2D eigenvalue weighted by atomic mass is 16.5. The molecule has 0 amide bonds. The van der Waals surface area contributed by atoms with Crippen molar-refractivity contribution in [3.63, 3.8) is 0 Å². The lowest BCUT2D eigenvalue weighted by Crippen LogP contribution is -2.04. The molecule has 0 fully saturated rings. The van der Waals surface area contributed by atoms with Gasteiger partial charge in [-0.05, 0) is 38.0 Å². The number of rotatable bonds is 4. The Kier molecular flexibility index (Phi) is 3.36. The molecule has 17 heavy (non-hydrogen) atoms. The second kappa shape index (κ2) is 4.78. The first-order valence-electron chi connectivity index (χ1n) is 6.14. The summed E-state index contributed by atoms with van der Waals surface area (Å²) in [5, 5.41) is 0. The molecule has 92 valence electrons. The molecule has 0 saturated carbocycles. The van der Waals surface area contributed by atoms with Crippen LogP contribution in [0.4, 0.5) is 0 Å². The maximum absolute atomic E-state index is 11.9. The fourth-order valence-corrected chi connectivity index (χ4v) is 2.22. The molecule has 1 aliphatic carbocycles. The number of carbonyl (C=O) groups excluding carboxylic acids is 1. The lowest BCUT2D eigenvalue weighted by Gasteiger charge is -2.12. The first-order valence-corrected chi connectivity index (χ1v) is 6.14. The lowest BCUT2D eigenvalue weighted by molar-refractivity contribution is 0.0946. The molecule has 0 unspecified atom stereocenters. The Morgan fingerprint density at radius 2 is 1.76 bits per heavy atom. The minimum atomic E-state index is 0.0800. The van der Waals surface area contributed by atoms with Crippen LogP contribution in [-0.2, 0) is 6.42 Å². The zero-order chi connectivity index (χ0) is 12.4. The van der Waals surface area contributed by atoms with Gasteiger partial charge in [0.15, 0.2) is 17.3 Å². The smallest absolute Gasteiger partial charge is 0.166 e. The Balaban J connectivity index is 2.43. The van der Waals surface area contributed by atoms with Crippen LogP contribution < -0.4 is 9.47 Å². The summed E-state index contributed by atoms with van der Waals surface area (Å²) >= 11 is 0. The molecule has 0 spiro atoms. The summed E-state index contributed by atoms with van der Waals surface area (Å²) in [5.74, 6) is 1.71. The topological polar surface area (TPSA) is 35.5 Å². The van der Waals surface area contributed by atoms with E-state index in [9.17, 15) is 4.79 Å². The van der Waals surface area contributed by atoms with Crippen molar-refractivity contribution in [1.29, 1.82) is 0 Å². The zero-order valence-corrected chi connectivity index (χ0v) is 10.6.